The van der Waals surface area contributed by atoms with Crippen molar-refractivity contribution in [3.63, 3.8) is 0 Å². The summed E-state index contributed by atoms with van der Waals surface area (Å²) in [4.78, 5) is 3.25. The Labute approximate surface area is 111 Å². The van der Waals surface area contributed by atoms with Gasteiger partial charge in [0.15, 0.2) is 5.69 Å². The molecule has 2 nitrogen and oxygen atoms in total. The number of imidazole rings is 1. The standard InChI is InChI=1S/C13H14Cl2N2/c1-2-3-7-12-16-8-9-17(12)11-6-4-5-10(14)13(11)15/h4-6,8-9H,2-3,7H2,1H3/p+1. The summed E-state index contributed by atoms with van der Waals surface area (Å²) < 4.78 is 2.06. The van der Waals surface area contributed by atoms with Crippen LogP contribution in [0.25, 0.3) is 5.69 Å². The minimum Gasteiger partial charge on any atom is -0.247 e. The maximum atomic E-state index is 6.22. The molecule has 17 heavy (non-hydrogen) atoms. The molecule has 0 saturated heterocycles. The summed E-state index contributed by atoms with van der Waals surface area (Å²) in [6, 6.07) is 5.68. The summed E-state index contributed by atoms with van der Waals surface area (Å²) in [5, 5.41) is 1.18. The highest BCUT2D eigenvalue weighted by Crippen LogP contribution is 2.25. The zero-order valence-electron chi connectivity index (χ0n) is 9.71. The van der Waals surface area contributed by atoms with Gasteiger partial charge in [-0.15, -0.1) is 0 Å². The minimum atomic E-state index is 0.583. The number of aryl methyl sites for hydroxylation is 1. The van der Waals surface area contributed by atoms with Crippen molar-refractivity contribution in [3.05, 3.63) is 46.5 Å². The Morgan fingerprint density at radius 1 is 1.29 bits per heavy atom. The van der Waals surface area contributed by atoms with Crippen molar-refractivity contribution in [3.8, 4) is 5.69 Å². The molecule has 0 aliphatic heterocycles. The molecule has 90 valence electrons. The van der Waals surface area contributed by atoms with E-state index < -0.39 is 0 Å². The number of hydrogen-bond acceptors (Lipinski definition) is 0. The quantitative estimate of drug-likeness (QED) is 0.812. The fraction of sp³-hybridized carbons (Fsp3) is 0.308. The number of H-pyrrole nitrogens is 1. The van der Waals surface area contributed by atoms with E-state index in [0.717, 1.165) is 24.4 Å². The molecule has 0 aliphatic carbocycles. The van der Waals surface area contributed by atoms with Gasteiger partial charge in [-0.25, -0.2) is 4.98 Å². The number of unbranched alkanes of at least 4 members (excludes halogenated alkanes) is 1. The number of aromatic amines is 1. The van der Waals surface area contributed by atoms with Crippen LogP contribution < -0.4 is 4.57 Å². The van der Waals surface area contributed by atoms with Gasteiger partial charge in [-0.1, -0.05) is 42.6 Å². The lowest BCUT2D eigenvalue weighted by Crippen LogP contribution is -2.33. The molecule has 0 atom stereocenters. The number of nitrogens with one attached hydrogen (secondary N) is 1. The maximum absolute atomic E-state index is 6.22. The van der Waals surface area contributed by atoms with E-state index in [9.17, 15) is 0 Å². The molecule has 0 amide bonds. The van der Waals surface area contributed by atoms with E-state index in [-0.39, 0.29) is 0 Å². The van der Waals surface area contributed by atoms with Crippen molar-refractivity contribution in [2.75, 3.05) is 0 Å². The molecule has 0 spiro atoms. The van der Waals surface area contributed by atoms with Gasteiger partial charge in [-0.3, -0.25) is 0 Å². The second-order valence-corrected chi connectivity index (χ2v) is 4.74. The van der Waals surface area contributed by atoms with Gasteiger partial charge in [-0.05, 0) is 18.6 Å². The van der Waals surface area contributed by atoms with E-state index >= 15 is 0 Å². The molecule has 1 N–H and O–H groups in total. The van der Waals surface area contributed by atoms with Crippen LogP contribution in [0.4, 0.5) is 0 Å². The average molecular weight is 270 g/mol. The van der Waals surface area contributed by atoms with Crippen LogP contribution in [-0.4, -0.2) is 4.98 Å². The minimum absolute atomic E-state index is 0.583. The SMILES string of the molecule is CCCCc1[nH]cc[n+]1-c1cccc(Cl)c1Cl. The van der Waals surface area contributed by atoms with Crippen molar-refractivity contribution < 1.29 is 4.57 Å². The van der Waals surface area contributed by atoms with Crippen molar-refractivity contribution in [1.29, 1.82) is 0 Å². The van der Waals surface area contributed by atoms with E-state index in [4.69, 9.17) is 23.2 Å². The first-order chi connectivity index (χ1) is 8.24. The van der Waals surface area contributed by atoms with Gasteiger partial charge in [0.25, 0.3) is 5.82 Å². The summed E-state index contributed by atoms with van der Waals surface area (Å²) in [5.41, 5.74) is 0.923. The van der Waals surface area contributed by atoms with Crippen LogP contribution in [0.15, 0.2) is 30.6 Å². The number of rotatable bonds is 4. The second kappa shape index (κ2) is 5.56. The molecule has 2 rings (SSSR count). The molecular formula is C13H15Cl2N2+. The van der Waals surface area contributed by atoms with Crippen LogP contribution in [0.3, 0.4) is 0 Å². The van der Waals surface area contributed by atoms with Crippen LogP contribution in [0, 0.1) is 0 Å². The molecule has 2 aromatic rings. The third-order valence-electron chi connectivity index (χ3n) is 2.72. The molecular weight excluding hydrogens is 255 g/mol. The Morgan fingerprint density at radius 3 is 2.88 bits per heavy atom. The van der Waals surface area contributed by atoms with E-state index in [1.165, 1.54) is 6.42 Å². The van der Waals surface area contributed by atoms with E-state index in [1.807, 2.05) is 24.5 Å². The van der Waals surface area contributed by atoms with Crippen LogP contribution in [-0.2, 0) is 6.42 Å². The summed E-state index contributed by atoms with van der Waals surface area (Å²) in [6.45, 7) is 2.18. The Balaban J connectivity index is 2.39. The molecule has 0 radical (unpaired) electrons. The van der Waals surface area contributed by atoms with Gasteiger partial charge in [0.2, 0.25) is 0 Å². The first-order valence-corrected chi connectivity index (χ1v) is 6.52. The number of benzene rings is 1. The molecule has 0 bridgehead atoms. The normalized spacial score (nSPS) is 10.8. The molecule has 0 saturated carbocycles. The van der Waals surface area contributed by atoms with Gasteiger partial charge in [-0.2, -0.15) is 4.57 Å². The predicted octanol–water partition coefficient (Wildman–Crippen LogP) is 3.94. The van der Waals surface area contributed by atoms with Crippen molar-refractivity contribution in [2.24, 2.45) is 0 Å². The first-order valence-electron chi connectivity index (χ1n) is 5.76. The van der Waals surface area contributed by atoms with Crippen LogP contribution in [0.1, 0.15) is 25.6 Å². The zero-order valence-corrected chi connectivity index (χ0v) is 11.2. The number of nitrogens with zero attached hydrogens (tertiary/aromatic N) is 1. The van der Waals surface area contributed by atoms with Gasteiger partial charge in [0.1, 0.15) is 17.4 Å². The summed E-state index contributed by atoms with van der Waals surface area (Å²) in [6.07, 6.45) is 7.22. The molecule has 1 aromatic carbocycles. The third kappa shape index (κ3) is 2.64. The summed E-state index contributed by atoms with van der Waals surface area (Å²) in [7, 11) is 0. The Hall–Kier alpha value is -0.990. The lowest BCUT2D eigenvalue weighted by atomic mass is 10.2. The molecule has 1 aromatic heterocycles. The van der Waals surface area contributed by atoms with Crippen LogP contribution in [0.5, 0.6) is 0 Å². The van der Waals surface area contributed by atoms with E-state index in [1.54, 1.807) is 6.07 Å². The van der Waals surface area contributed by atoms with Crippen molar-refractivity contribution in [1.82, 2.24) is 4.98 Å². The van der Waals surface area contributed by atoms with E-state index in [0.29, 0.717) is 10.0 Å². The lowest BCUT2D eigenvalue weighted by molar-refractivity contribution is -0.602. The zero-order chi connectivity index (χ0) is 12.3. The number of hydrogen-bond donors (Lipinski definition) is 1. The fourth-order valence-corrected chi connectivity index (χ4v) is 2.20. The summed E-state index contributed by atoms with van der Waals surface area (Å²) in [5.74, 6) is 1.15. The van der Waals surface area contributed by atoms with Gasteiger partial charge in [0.05, 0.1) is 5.02 Å². The molecule has 0 fully saturated rings. The Bertz CT molecular complexity index is 506. The van der Waals surface area contributed by atoms with Gasteiger partial charge < -0.3 is 0 Å². The second-order valence-electron chi connectivity index (χ2n) is 3.95. The Kier molecular flexibility index (Phi) is 4.08. The number of halogens is 2. The van der Waals surface area contributed by atoms with Gasteiger partial charge in [0, 0.05) is 6.42 Å². The van der Waals surface area contributed by atoms with Crippen LogP contribution >= 0.6 is 23.2 Å². The topological polar surface area (TPSA) is 19.7 Å². The molecule has 0 aliphatic rings. The highest BCUT2D eigenvalue weighted by atomic mass is 35.5. The van der Waals surface area contributed by atoms with Gasteiger partial charge >= 0.3 is 0 Å². The van der Waals surface area contributed by atoms with Crippen molar-refractivity contribution in [2.45, 2.75) is 26.2 Å². The fourth-order valence-electron chi connectivity index (χ4n) is 1.81. The van der Waals surface area contributed by atoms with Crippen LogP contribution in [0.2, 0.25) is 10.0 Å². The maximum Gasteiger partial charge on any atom is 0.259 e. The largest absolute Gasteiger partial charge is 0.259 e. The van der Waals surface area contributed by atoms with E-state index in [2.05, 4.69) is 16.5 Å². The molecule has 4 heteroatoms. The highest BCUT2D eigenvalue weighted by Gasteiger charge is 2.16. The molecule has 0 unspecified atom stereocenters. The Morgan fingerprint density at radius 2 is 2.12 bits per heavy atom. The summed E-state index contributed by atoms with van der Waals surface area (Å²) >= 11 is 12.3. The smallest absolute Gasteiger partial charge is 0.247 e. The van der Waals surface area contributed by atoms with Crippen molar-refractivity contribution >= 4 is 23.2 Å². The monoisotopic (exact) mass is 269 g/mol. The molecule has 1 heterocycles. The highest BCUT2D eigenvalue weighted by molar-refractivity contribution is 6.42. The average Bonchev–Trinajstić information content (AvgIpc) is 2.78. The lowest BCUT2D eigenvalue weighted by Gasteiger charge is -2.03. The number of aromatic nitrogens is 2. The predicted molar refractivity (Wildman–Crippen MR) is 71.0 cm³/mol. The third-order valence-corrected chi connectivity index (χ3v) is 3.53. The first kappa shape index (κ1) is 12.5.